The Bertz CT molecular complexity index is 1630. The summed E-state index contributed by atoms with van der Waals surface area (Å²) in [5.74, 6) is -0.267. The maximum atomic E-state index is 12.9. The molecular weight excluding hydrogens is 520 g/mol. The number of nitrogens with zero attached hydrogens (tertiary/aromatic N) is 1. The molecule has 6 nitrogen and oxygen atoms in total. The number of amides is 1. The molecule has 1 amide bonds. The lowest BCUT2D eigenvalue weighted by Gasteiger charge is -2.10. The maximum Gasteiger partial charge on any atom is 0.355 e. The van der Waals surface area contributed by atoms with E-state index >= 15 is 0 Å². The van der Waals surface area contributed by atoms with Crippen molar-refractivity contribution in [2.75, 3.05) is 0 Å². The van der Waals surface area contributed by atoms with Crippen LogP contribution in [0.15, 0.2) is 108 Å². The molecule has 0 saturated heterocycles. The second kappa shape index (κ2) is 11.7. The minimum atomic E-state index is -0.564. The molecule has 0 aliphatic carbocycles. The molecule has 188 valence electrons. The van der Waals surface area contributed by atoms with Gasteiger partial charge in [0.1, 0.15) is 23.0 Å². The molecule has 0 aliphatic heterocycles. The zero-order valence-corrected chi connectivity index (χ0v) is 21.5. The average molecular weight is 541 g/mol. The lowest BCUT2D eigenvalue weighted by Crippen LogP contribution is -2.19. The molecule has 0 spiro atoms. The first kappa shape index (κ1) is 25.2. The van der Waals surface area contributed by atoms with Gasteiger partial charge in [0, 0.05) is 15.6 Å². The third-order valence-electron chi connectivity index (χ3n) is 5.58. The number of thiophene rings is 1. The first-order chi connectivity index (χ1) is 18.6. The highest BCUT2D eigenvalue weighted by Gasteiger charge is 2.20. The number of para-hydroxylation sites is 2. The van der Waals surface area contributed by atoms with E-state index in [2.05, 4.69) is 10.5 Å². The van der Waals surface area contributed by atoms with Crippen LogP contribution in [0.25, 0.3) is 10.1 Å². The number of halogens is 1. The van der Waals surface area contributed by atoms with Crippen LogP contribution in [0.2, 0.25) is 5.02 Å². The molecule has 5 rings (SSSR count). The molecule has 0 radical (unpaired) electrons. The molecule has 5 aromatic rings. The van der Waals surface area contributed by atoms with E-state index in [1.54, 1.807) is 48.5 Å². The van der Waals surface area contributed by atoms with Crippen LogP contribution in [-0.4, -0.2) is 18.1 Å². The SMILES string of the molecule is O=C(N/N=C/c1ccccc1OC(=O)c1sc2ccccc2c1Cl)c1ccccc1OCc1ccccc1. The topological polar surface area (TPSA) is 77.0 Å². The van der Waals surface area contributed by atoms with Crippen LogP contribution in [0.4, 0.5) is 0 Å². The van der Waals surface area contributed by atoms with Crippen molar-refractivity contribution in [3.63, 3.8) is 0 Å². The highest BCUT2D eigenvalue weighted by molar-refractivity contribution is 7.21. The third-order valence-corrected chi connectivity index (χ3v) is 7.24. The lowest BCUT2D eigenvalue weighted by atomic mass is 10.2. The first-order valence-corrected chi connectivity index (χ1v) is 12.9. The fourth-order valence-electron chi connectivity index (χ4n) is 3.71. The number of carbonyl (C=O) groups is 2. The van der Waals surface area contributed by atoms with E-state index in [9.17, 15) is 9.59 Å². The van der Waals surface area contributed by atoms with E-state index < -0.39 is 11.9 Å². The second-order valence-corrected chi connectivity index (χ2v) is 9.57. The average Bonchev–Trinajstić information content (AvgIpc) is 3.30. The van der Waals surface area contributed by atoms with E-state index in [1.807, 2.05) is 54.6 Å². The minimum absolute atomic E-state index is 0.288. The summed E-state index contributed by atoms with van der Waals surface area (Å²) in [5.41, 5.74) is 4.36. The maximum absolute atomic E-state index is 12.9. The zero-order valence-electron chi connectivity index (χ0n) is 20.0. The Hall–Kier alpha value is -4.46. The molecule has 8 heteroatoms. The Morgan fingerprint density at radius 2 is 1.53 bits per heavy atom. The number of nitrogens with one attached hydrogen (secondary N) is 1. The van der Waals surface area contributed by atoms with Gasteiger partial charge in [-0.05, 0) is 35.9 Å². The zero-order chi connectivity index (χ0) is 26.3. The van der Waals surface area contributed by atoms with Gasteiger partial charge in [0.2, 0.25) is 0 Å². The van der Waals surface area contributed by atoms with E-state index in [4.69, 9.17) is 21.1 Å². The molecule has 0 atom stereocenters. The summed E-state index contributed by atoms with van der Waals surface area (Å²) in [5, 5.41) is 5.24. The van der Waals surface area contributed by atoms with Crippen LogP contribution in [-0.2, 0) is 6.61 Å². The summed E-state index contributed by atoms with van der Waals surface area (Å²) in [6.45, 7) is 0.330. The fourth-order valence-corrected chi connectivity index (χ4v) is 5.09. The predicted octanol–water partition coefficient (Wildman–Crippen LogP) is 7.12. The van der Waals surface area contributed by atoms with Crippen LogP contribution in [0.5, 0.6) is 11.5 Å². The number of hydrogen-bond acceptors (Lipinski definition) is 6. The molecule has 4 aromatic carbocycles. The highest BCUT2D eigenvalue weighted by Crippen LogP contribution is 2.36. The van der Waals surface area contributed by atoms with Gasteiger partial charge in [0.25, 0.3) is 5.91 Å². The number of carbonyl (C=O) groups excluding carboxylic acids is 2. The van der Waals surface area contributed by atoms with Crippen molar-refractivity contribution < 1.29 is 19.1 Å². The predicted molar refractivity (Wildman–Crippen MR) is 151 cm³/mol. The monoisotopic (exact) mass is 540 g/mol. The molecule has 1 heterocycles. The number of fused-ring (bicyclic) bond motifs is 1. The van der Waals surface area contributed by atoms with Gasteiger partial charge in [-0.2, -0.15) is 5.10 Å². The van der Waals surface area contributed by atoms with Gasteiger partial charge in [-0.15, -0.1) is 11.3 Å². The van der Waals surface area contributed by atoms with Gasteiger partial charge in [0.05, 0.1) is 16.8 Å². The lowest BCUT2D eigenvalue weighted by molar-refractivity contribution is 0.0739. The molecule has 0 saturated carbocycles. The Balaban J connectivity index is 1.27. The summed E-state index contributed by atoms with van der Waals surface area (Å²) >= 11 is 7.70. The molecule has 0 unspecified atom stereocenters. The van der Waals surface area contributed by atoms with Crippen molar-refractivity contribution in [1.29, 1.82) is 0 Å². The molecule has 0 fully saturated rings. The third kappa shape index (κ3) is 5.75. The van der Waals surface area contributed by atoms with Gasteiger partial charge >= 0.3 is 5.97 Å². The van der Waals surface area contributed by atoms with Crippen LogP contribution < -0.4 is 14.9 Å². The van der Waals surface area contributed by atoms with Crippen LogP contribution in [0.1, 0.15) is 31.2 Å². The van der Waals surface area contributed by atoms with Gasteiger partial charge < -0.3 is 9.47 Å². The number of hydrogen-bond donors (Lipinski definition) is 1. The Labute approximate surface area is 228 Å². The number of esters is 1. The van der Waals surface area contributed by atoms with E-state index in [-0.39, 0.29) is 5.75 Å². The number of hydrazone groups is 1. The van der Waals surface area contributed by atoms with Crippen molar-refractivity contribution in [3.8, 4) is 11.5 Å². The molecule has 38 heavy (non-hydrogen) atoms. The van der Waals surface area contributed by atoms with Crippen molar-refractivity contribution in [3.05, 3.63) is 130 Å². The van der Waals surface area contributed by atoms with Crippen LogP contribution in [0.3, 0.4) is 0 Å². The molecule has 0 aliphatic rings. The fraction of sp³-hybridized carbons (Fsp3) is 0.0333. The minimum Gasteiger partial charge on any atom is -0.488 e. The van der Waals surface area contributed by atoms with Gasteiger partial charge in [0.15, 0.2) is 0 Å². The smallest absolute Gasteiger partial charge is 0.355 e. The second-order valence-electron chi connectivity index (χ2n) is 8.14. The molecular formula is C30H21ClN2O4S. The summed E-state index contributed by atoms with van der Waals surface area (Å²) in [4.78, 5) is 26.1. The molecule has 0 bridgehead atoms. The standard InChI is InChI=1S/C30H21ClN2O4S/c31-27-23-14-6-9-17-26(23)38-28(27)30(35)37-24-15-7-4-12-21(24)18-32-33-29(34)22-13-5-8-16-25(22)36-19-20-10-2-1-3-11-20/h1-18H,19H2,(H,33,34)/b32-18+. The van der Waals surface area contributed by atoms with Crippen molar-refractivity contribution in [1.82, 2.24) is 5.43 Å². The van der Waals surface area contributed by atoms with Crippen molar-refractivity contribution in [2.24, 2.45) is 5.10 Å². The number of ether oxygens (including phenoxy) is 2. The Kier molecular flexibility index (Phi) is 7.78. The number of benzene rings is 4. The highest BCUT2D eigenvalue weighted by atomic mass is 35.5. The largest absolute Gasteiger partial charge is 0.488 e. The van der Waals surface area contributed by atoms with Gasteiger partial charge in [-0.1, -0.05) is 84.4 Å². The van der Waals surface area contributed by atoms with E-state index in [1.165, 1.54) is 17.6 Å². The summed E-state index contributed by atoms with van der Waals surface area (Å²) in [6.07, 6.45) is 1.42. The van der Waals surface area contributed by atoms with Gasteiger partial charge in [-0.3, -0.25) is 4.79 Å². The van der Waals surface area contributed by atoms with E-state index in [0.29, 0.717) is 33.4 Å². The van der Waals surface area contributed by atoms with Crippen LogP contribution in [0, 0.1) is 0 Å². The summed E-state index contributed by atoms with van der Waals surface area (Å²) < 4.78 is 12.4. The molecule has 1 aromatic heterocycles. The normalized spacial score (nSPS) is 11.0. The first-order valence-electron chi connectivity index (χ1n) is 11.7. The Morgan fingerprint density at radius 1 is 0.842 bits per heavy atom. The van der Waals surface area contributed by atoms with Crippen molar-refractivity contribution >= 4 is 51.1 Å². The summed E-state index contributed by atoms with van der Waals surface area (Å²) in [6, 6.07) is 31.0. The summed E-state index contributed by atoms with van der Waals surface area (Å²) in [7, 11) is 0. The quantitative estimate of drug-likeness (QED) is 0.0984. The van der Waals surface area contributed by atoms with Crippen molar-refractivity contribution in [2.45, 2.75) is 6.61 Å². The van der Waals surface area contributed by atoms with Gasteiger partial charge in [-0.25, -0.2) is 10.2 Å². The molecule has 1 N–H and O–H groups in total. The Morgan fingerprint density at radius 3 is 2.34 bits per heavy atom. The van der Waals surface area contributed by atoms with Crippen LogP contribution >= 0.6 is 22.9 Å². The van der Waals surface area contributed by atoms with E-state index in [0.717, 1.165) is 15.6 Å². The number of rotatable bonds is 8.